The van der Waals surface area contributed by atoms with E-state index < -0.39 is 0 Å². The Morgan fingerprint density at radius 2 is 2.43 bits per heavy atom. The van der Waals surface area contributed by atoms with Gasteiger partial charge in [0.25, 0.3) is 0 Å². The number of ether oxygens (including phenoxy) is 1. The summed E-state index contributed by atoms with van der Waals surface area (Å²) in [4.78, 5) is 2.26. The molecule has 0 saturated carbocycles. The summed E-state index contributed by atoms with van der Waals surface area (Å²) in [5.41, 5.74) is 6.03. The average molecular weight is 196 g/mol. The number of likely N-dealkylation sites (N-methyl/N-ethyl adjacent to an activating group) is 1. The molecule has 0 spiro atoms. The highest BCUT2D eigenvalue weighted by molar-refractivity contribution is 4.96. The maximum absolute atomic E-state index is 6.03. The number of rotatable bonds is 3. The van der Waals surface area contributed by atoms with Crippen LogP contribution in [0.4, 0.5) is 0 Å². The fourth-order valence-electron chi connectivity index (χ4n) is 1.62. The zero-order chi connectivity index (χ0) is 10.4. The molecule has 2 N–H and O–H groups in total. The summed E-state index contributed by atoms with van der Waals surface area (Å²) >= 11 is 0. The van der Waals surface area contributed by atoms with Gasteiger partial charge in [0.05, 0.1) is 12.7 Å². The normalized spacial score (nSPS) is 25.2. The molecule has 14 heavy (non-hydrogen) atoms. The lowest BCUT2D eigenvalue weighted by Crippen LogP contribution is -2.49. The van der Waals surface area contributed by atoms with E-state index in [1.165, 1.54) is 0 Å². The fourth-order valence-corrected chi connectivity index (χ4v) is 1.62. The van der Waals surface area contributed by atoms with Crippen LogP contribution in [-0.4, -0.2) is 43.8 Å². The molecule has 1 fully saturated rings. The molecule has 1 saturated heterocycles. The molecule has 1 aliphatic heterocycles. The fraction of sp³-hybridized carbons (Fsp3) is 0.818. The lowest BCUT2D eigenvalue weighted by atomic mass is 10.1. The van der Waals surface area contributed by atoms with E-state index in [1.807, 2.05) is 6.92 Å². The molecule has 80 valence electrons. The van der Waals surface area contributed by atoms with E-state index in [9.17, 15) is 0 Å². The predicted molar refractivity (Wildman–Crippen MR) is 57.9 cm³/mol. The van der Waals surface area contributed by atoms with Gasteiger partial charge >= 0.3 is 0 Å². The molecule has 2 atom stereocenters. The van der Waals surface area contributed by atoms with Crippen LogP contribution in [0.2, 0.25) is 0 Å². The van der Waals surface area contributed by atoms with E-state index in [0.29, 0.717) is 0 Å². The molecule has 3 nitrogen and oxygen atoms in total. The summed E-state index contributed by atoms with van der Waals surface area (Å²) in [6.07, 6.45) is 1.99. The van der Waals surface area contributed by atoms with Crippen molar-refractivity contribution < 1.29 is 4.74 Å². The van der Waals surface area contributed by atoms with Gasteiger partial charge in [0.2, 0.25) is 0 Å². The zero-order valence-electron chi connectivity index (χ0n) is 9.12. The molecule has 1 rings (SSSR count). The van der Waals surface area contributed by atoms with E-state index in [-0.39, 0.29) is 12.1 Å². The molecule has 0 aromatic carbocycles. The Bertz CT molecular complexity index is 219. The summed E-state index contributed by atoms with van der Waals surface area (Å²) in [5.74, 6) is 5.91. The first kappa shape index (κ1) is 11.5. The van der Waals surface area contributed by atoms with Gasteiger partial charge in [0.15, 0.2) is 0 Å². The van der Waals surface area contributed by atoms with Crippen LogP contribution in [0.1, 0.15) is 19.8 Å². The van der Waals surface area contributed by atoms with Gasteiger partial charge in [-0.05, 0) is 20.4 Å². The molecule has 0 amide bonds. The largest absolute Gasteiger partial charge is 0.374 e. The molecule has 2 unspecified atom stereocenters. The SMILES string of the molecule is CC#CCCC(N)C1CN(C)CCO1. The quantitative estimate of drug-likeness (QED) is 0.666. The molecule has 0 aromatic rings. The zero-order valence-corrected chi connectivity index (χ0v) is 9.12. The van der Waals surface area contributed by atoms with Gasteiger partial charge in [-0.15, -0.1) is 11.8 Å². The molecular formula is C11H20N2O. The highest BCUT2D eigenvalue weighted by Gasteiger charge is 2.23. The summed E-state index contributed by atoms with van der Waals surface area (Å²) in [6, 6.07) is 0.124. The lowest BCUT2D eigenvalue weighted by molar-refractivity contribution is -0.0329. The molecular weight excluding hydrogens is 176 g/mol. The first-order chi connectivity index (χ1) is 6.74. The Morgan fingerprint density at radius 3 is 3.07 bits per heavy atom. The predicted octanol–water partition coefficient (Wildman–Crippen LogP) is 0.448. The van der Waals surface area contributed by atoms with E-state index in [1.54, 1.807) is 0 Å². The third-order valence-electron chi connectivity index (χ3n) is 2.55. The van der Waals surface area contributed by atoms with Crippen LogP contribution in [0.15, 0.2) is 0 Å². The molecule has 0 aliphatic carbocycles. The Kier molecular flexibility index (Phi) is 4.95. The van der Waals surface area contributed by atoms with Gasteiger partial charge in [-0.25, -0.2) is 0 Å². The highest BCUT2D eigenvalue weighted by Crippen LogP contribution is 2.09. The van der Waals surface area contributed by atoms with Crippen molar-refractivity contribution in [2.24, 2.45) is 5.73 Å². The van der Waals surface area contributed by atoms with Crippen LogP contribution in [0, 0.1) is 11.8 Å². The second kappa shape index (κ2) is 6.02. The molecule has 1 aliphatic rings. The van der Waals surface area contributed by atoms with Crippen molar-refractivity contribution in [2.45, 2.75) is 31.9 Å². The number of nitrogens with two attached hydrogens (primary N) is 1. The third kappa shape index (κ3) is 3.67. The highest BCUT2D eigenvalue weighted by atomic mass is 16.5. The maximum Gasteiger partial charge on any atom is 0.0853 e. The van der Waals surface area contributed by atoms with Crippen LogP contribution in [0.3, 0.4) is 0 Å². The lowest BCUT2D eigenvalue weighted by Gasteiger charge is -2.33. The van der Waals surface area contributed by atoms with Crippen LogP contribution in [0.25, 0.3) is 0 Å². The minimum atomic E-state index is 0.124. The van der Waals surface area contributed by atoms with Gasteiger partial charge < -0.3 is 15.4 Å². The standard InChI is InChI=1S/C11H20N2O/c1-3-4-5-6-10(12)11-9-13(2)7-8-14-11/h10-11H,5-9,12H2,1-2H3. The second-order valence-corrected chi connectivity index (χ2v) is 3.80. The van der Waals surface area contributed by atoms with E-state index in [2.05, 4.69) is 23.8 Å². The Morgan fingerprint density at radius 1 is 1.64 bits per heavy atom. The minimum absolute atomic E-state index is 0.124. The van der Waals surface area contributed by atoms with Gasteiger partial charge in [-0.1, -0.05) is 0 Å². The smallest absolute Gasteiger partial charge is 0.0853 e. The molecule has 1 heterocycles. The summed E-state index contributed by atoms with van der Waals surface area (Å²) < 4.78 is 5.63. The van der Waals surface area contributed by atoms with E-state index >= 15 is 0 Å². The maximum atomic E-state index is 6.03. The molecule has 0 bridgehead atoms. The van der Waals surface area contributed by atoms with Crippen molar-refractivity contribution in [3.8, 4) is 11.8 Å². The van der Waals surface area contributed by atoms with Crippen molar-refractivity contribution in [3.05, 3.63) is 0 Å². The summed E-state index contributed by atoms with van der Waals surface area (Å²) in [5, 5.41) is 0. The van der Waals surface area contributed by atoms with Crippen LogP contribution in [-0.2, 0) is 4.74 Å². The third-order valence-corrected chi connectivity index (χ3v) is 2.55. The topological polar surface area (TPSA) is 38.5 Å². The number of nitrogens with zero attached hydrogens (tertiary/aromatic N) is 1. The number of morpholine rings is 1. The van der Waals surface area contributed by atoms with Crippen molar-refractivity contribution >= 4 is 0 Å². The first-order valence-electron chi connectivity index (χ1n) is 5.19. The number of hydrogen-bond acceptors (Lipinski definition) is 3. The van der Waals surface area contributed by atoms with Crippen molar-refractivity contribution in [1.29, 1.82) is 0 Å². The average Bonchev–Trinajstić information content (AvgIpc) is 2.18. The Balaban J connectivity index is 2.27. The summed E-state index contributed by atoms with van der Waals surface area (Å²) in [7, 11) is 2.11. The second-order valence-electron chi connectivity index (χ2n) is 3.80. The Labute approximate surface area is 86.6 Å². The van der Waals surface area contributed by atoms with E-state index in [0.717, 1.165) is 32.5 Å². The molecule has 3 heteroatoms. The van der Waals surface area contributed by atoms with E-state index in [4.69, 9.17) is 10.5 Å². The van der Waals surface area contributed by atoms with Crippen LogP contribution >= 0.6 is 0 Å². The van der Waals surface area contributed by atoms with Crippen molar-refractivity contribution in [1.82, 2.24) is 4.90 Å². The molecule has 0 aromatic heterocycles. The van der Waals surface area contributed by atoms with Gasteiger partial charge in [-0.2, -0.15) is 0 Å². The number of hydrogen-bond donors (Lipinski definition) is 1. The van der Waals surface area contributed by atoms with Gasteiger partial charge in [0.1, 0.15) is 0 Å². The van der Waals surface area contributed by atoms with Crippen molar-refractivity contribution in [3.63, 3.8) is 0 Å². The molecule has 0 radical (unpaired) electrons. The minimum Gasteiger partial charge on any atom is -0.374 e. The monoisotopic (exact) mass is 196 g/mol. The van der Waals surface area contributed by atoms with Crippen molar-refractivity contribution in [2.75, 3.05) is 26.7 Å². The summed E-state index contributed by atoms with van der Waals surface area (Å²) in [6.45, 7) is 4.61. The van der Waals surface area contributed by atoms with Crippen LogP contribution in [0.5, 0.6) is 0 Å². The van der Waals surface area contributed by atoms with Crippen LogP contribution < -0.4 is 5.73 Å². The van der Waals surface area contributed by atoms with Gasteiger partial charge in [0, 0.05) is 25.6 Å². The Hall–Kier alpha value is -0.560. The first-order valence-corrected chi connectivity index (χ1v) is 5.19. The van der Waals surface area contributed by atoms with Gasteiger partial charge in [-0.3, -0.25) is 0 Å².